The van der Waals surface area contributed by atoms with E-state index < -0.39 is 4.92 Å². The van der Waals surface area contributed by atoms with Crippen molar-refractivity contribution in [3.05, 3.63) is 124 Å². The van der Waals surface area contributed by atoms with Gasteiger partial charge in [-0.3, -0.25) is 10.1 Å². The number of rotatable bonds is 8. The molecule has 0 atom stereocenters. The number of non-ortho nitro benzene ring substituents is 1. The number of nitrogens with zero attached hydrogens (tertiary/aromatic N) is 2. The minimum atomic E-state index is -0.402. The predicted octanol–water partition coefficient (Wildman–Crippen LogP) is 6.73. The van der Waals surface area contributed by atoms with E-state index in [0.717, 1.165) is 48.3 Å². The molecule has 212 valence electrons. The number of nitro groups is 1. The Morgan fingerprint density at radius 1 is 0.878 bits per heavy atom. The van der Waals surface area contributed by atoms with E-state index in [2.05, 4.69) is 34.9 Å². The van der Waals surface area contributed by atoms with Crippen LogP contribution in [0.2, 0.25) is 0 Å². The van der Waals surface area contributed by atoms with Gasteiger partial charge in [0.25, 0.3) is 5.69 Å². The number of anilines is 1. The third-order valence-corrected chi connectivity index (χ3v) is 6.45. The lowest BCUT2D eigenvalue weighted by atomic mass is 10.0. The van der Waals surface area contributed by atoms with E-state index >= 15 is 0 Å². The van der Waals surface area contributed by atoms with Crippen LogP contribution in [0.25, 0.3) is 17.7 Å². The Hall–Kier alpha value is -4.98. The fourth-order valence-electron chi connectivity index (χ4n) is 4.08. The summed E-state index contributed by atoms with van der Waals surface area (Å²) in [5, 5.41) is 10.8. The highest BCUT2D eigenvalue weighted by atomic mass is 16.6. The maximum atomic E-state index is 12.4. The normalized spacial score (nSPS) is 13.1. The van der Waals surface area contributed by atoms with Crippen LogP contribution >= 0.6 is 0 Å². The minimum absolute atomic E-state index is 0.0844. The summed E-state index contributed by atoms with van der Waals surface area (Å²) in [4.78, 5) is 35.3. The molecule has 1 saturated heterocycles. The minimum Gasteiger partial charge on any atom is -0.466 e. The number of hydrogen-bond acceptors (Lipinski definition) is 7. The first-order chi connectivity index (χ1) is 19.7. The highest BCUT2D eigenvalue weighted by Crippen LogP contribution is 2.24. The molecule has 1 fully saturated rings. The van der Waals surface area contributed by atoms with Crippen molar-refractivity contribution in [1.29, 1.82) is 0 Å². The Balaban J connectivity index is 0.000000587. The summed E-state index contributed by atoms with van der Waals surface area (Å²) in [6, 6.07) is 24.1. The SMILES string of the molecule is C=C(C(=O)OC1CCN(c2ccc(C=Cc3ccc([N+](=O)[O-])cc3)cc2)CC1)c1ccccc1.C=C(C)C(=O)OC. The summed E-state index contributed by atoms with van der Waals surface area (Å²) in [6.07, 6.45) is 5.36. The largest absolute Gasteiger partial charge is 0.466 e. The smallest absolute Gasteiger partial charge is 0.338 e. The second-order valence-electron chi connectivity index (χ2n) is 9.48. The van der Waals surface area contributed by atoms with Crippen LogP contribution in [0.4, 0.5) is 11.4 Å². The summed E-state index contributed by atoms with van der Waals surface area (Å²) in [5.41, 5.74) is 4.77. The first-order valence-electron chi connectivity index (χ1n) is 13.1. The molecule has 8 nitrogen and oxygen atoms in total. The molecule has 0 N–H and O–H groups in total. The Labute approximate surface area is 240 Å². The first kappa shape index (κ1) is 30.6. The number of carbonyl (C=O) groups excluding carboxylic acids is 2. The molecule has 3 aromatic rings. The van der Waals surface area contributed by atoms with E-state index in [4.69, 9.17) is 4.74 Å². The summed E-state index contributed by atoms with van der Waals surface area (Å²) in [5.74, 6) is -0.700. The van der Waals surface area contributed by atoms with Crippen LogP contribution in [0.3, 0.4) is 0 Å². The topological polar surface area (TPSA) is 99.0 Å². The maximum Gasteiger partial charge on any atom is 0.338 e. The molecule has 0 aliphatic carbocycles. The quantitative estimate of drug-likeness (QED) is 0.100. The average molecular weight is 555 g/mol. The number of methoxy groups -OCH3 is 1. The molecular formula is C33H34N2O6. The van der Waals surface area contributed by atoms with E-state index in [9.17, 15) is 19.7 Å². The molecule has 1 aliphatic rings. The van der Waals surface area contributed by atoms with Crippen molar-refractivity contribution in [1.82, 2.24) is 0 Å². The summed E-state index contributed by atoms with van der Waals surface area (Å²) in [6.45, 7) is 10.5. The number of carbonyl (C=O) groups is 2. The third kappa shape index (κ3) is 9.32. The second kappa shape index (κ2) is 15.0. The van der Waals surface area contributed by atoms with Gasteiger partial charge in [0, 0.05) is 49.3 Å². The highest BCUT2D eigenvalue weighted by Gasteiger charge is 2.23. The van der Waals surface area contributed by atoms with E-state index in [1.54, 1.807) is 19.1 Å². The molecule has 1 heterocycles. The number of ether oxygens (including phenoxy) is 2. The molecule has 8 heteroatoms. The molecule has 0 saturated carbocycles. The summed E-state index contributed by atoms with van der Waals surface area (Å²) < 4.78 is 9.97. The van der Waals surface area contributed by atoms with Gasteiger partial charge in [0.1, 0.15) is 6.10 Å². The predicted molar refractivity (Wildman–Crippen MR) is 162 cm³/mol. The summed E-state index contributed by atoms with van der Waals surface area (Å²) in [7, 11) is 1.33. The number of benzene rings is 3. The molecule has 3 aromatic carbocycles. The van der Waals surface area contributed by atoms with Gasteiger partial charge in [-0.25, -0.2) is 9.59 Å². The van der Waals surface area contributed by atoms with Crippen molar-refractivity contribution < 1.29 is 24.0 Å². The Kier molecular flexibility index (Phi) is 11.2. The molecule has 0 aromatic heterocycles. The molecule has 0 bridgehead atoms. The maximum absolute atomic E-state index is 12.4. The van der Waals surface area contributed by atoms with Gasteiger partial charge in [-0.05, 0) is 47.9 Å². The third-order valence-electron chi connectivity index (χ3n) is 6.45. The highest BCUT2D eigenvalue weighted by molar-refractivity contribution is 6.15. The molecule has 0 amide bonds. The van der Waals surface area contributed by atoms with Crippen LogP contribution in [-0.4, -0.2) is 43.2 Å². The van der Waals surface area contributed by atoms with E-state index in [1.165, 1.54) is 19.2 Å². The Bertz CT molecular complexity index is 1390. The van der Waals surface area contributed by atoms with Gasteiger partial charge in [-0.2, -0.15) is 0 Å². The molecule has 4 rings (SSSR count). The lowest BCUT2D eigenvalue weighted by Crippen LogP contribution is -2.37. The fraction of sp³-hybridized carbons (Fsp3) is 0.212. The van der Waals surface area contributed by atoms with Crippen LogP contribution in [0.5, 0.6) is 0 Å². The van der Waals surface area contributed by atoms with Gasteiger partial charge in [0.05, 0.1) is 17.6 Å². The molecular weight excluding hydrogens is 520 g/mol. The van der Waals surface area contributed by atoms with Gasteiger partial charge < -0.3 is 14.4 Å². The number of nitro benzene ring substituents is 1. The molecule has 0 spiro atoms. The Morgan fingerprint density at radius 2 is 1.41 bits per heavy atom. The van der Waals surface area contributed by atoms with Crippen LogP contribution in [-0.2, 0) is 19.1 Å². The van der Waals surface area contributed by atoms with Gasteiger partial charge in [0.2, 0.25) is 0 Å². The standard InChI is InChI=1S/C28H26N2O4.C5H8O2/c1-21(24-5-3-2-4-6-24)28(31)34-27-17-19-29(20-18-27)25-13-9-22(10-14-25)7-8-23-11-15-26(16-12-23)30(32)33;1-4(2)5(6)7-3/h2-16,27H,1,17-20H2;1H2,2-3H3. The summed E-state index contributed by atoms with van der Waals surface area (Å²) >= 11 is 0. The van der Waals surface area contributed by atoms with Gasteiger partial charge >= 0.3 is 11.9 Å². The molecule has 1 aliphatic heterocycles. The van der Waals surface area contributed by atoms with Gasteiger partial charge in [-0.15, -0.1) is 0 Å². The van der Waals surface area contributed by atoms with Crippen LogP contribution in [0.1, 0.15) is 36.5 Å². The zero-order valence-corrected chi connectivity index (χ0v) is 23.3. The van der Waals surface area contributed by atoms with Crippen LogP contribution in [0.15, 0.2) is 97.6 Å². The zero-order chi connectivity index (χ0) is 29.8. The van der Waals surface area contributed by atoms with Crippen molar-refractivity contribution in [2.75, 3.05) is 25.1 Å². The van der Waals surface area contributed by atoms with E-state index in [-0.39, 0.29) is 23.7 Å². The van der Waals surface area contributed by atoms with Gasteiger partial charge in [0.15, 0.2) is 0 Å². The average Bonchev–Trinajstić information content (AvgIpc) is 3.00. The molecule has 0 unspecified atom stereocenters. The Morgan fingerprint density at radius 3 is 1.88 bits per heavy atom. The van der Waals surface area contributed by atoms with Crippen molar-refractivity contribution in [2.45, 2.75) is 25.9 Å². The molecule has 0 radical (unpaired) electrons. The van der Waals surface area contributed by atoms with Crippen LogP contribution < -0.4 is 4.90 Å². The van der Waals surface area contributed by atoms with Crippen LogP contribution in [0, 0.1) is 10.1 Å². The number of piperidine rings is 1. The first-order valence-corrected chi connectivity index (χ1v) is 13.1. The van der Waals surface area contributed by atoms with E-state index in [0.29, 0.717) is 11.1 Å². The number of hydrogen-bond donors (Lipinski definition) is 0. The zero-order valence-electron chi connectivity index (χ0n) is 23.3. The second-order valence-corrected chi connectivity index (χ2v) is 9.48. The monoisotopic (exact) mass is 554 g/mol. The lowest BCUT2D eigenvalue weighted by Gasteiger charge is -2.33. The van der Waals surface area contributed by atoms with Crippen molar-refractivity contribution >= 4 is 41.0 Å². The van der Waals surface area contributed by atoms with Crippen molar-refractivity contribution in [3.8, 4) is 0 Å². The number of esters is 2. The fourth-order valence-corrected chi connectivity index (χ4v) is 4.08. The lowest BCUT2D eigenvalue weighted by molar-refractivity contribution is -0.384. The molecule has 41 heavy (non-hydrogen) atoms. The van der Waals surface area contributed by atoms with Crippen molar-refractivity contribution in [2.24, 2.45) is 0 Å². The van der Waals surface area contributed by atoms with Crippen molar-refractivity contribution in [3.63, 3.8) is 0 Å². The van der Waals surface area contributed by atoms with E-state index in [1.807, 2.05) is 54.6 Å². The van der Waals surface area contributed by atoms with Gasteiger partial charge in [-0.1, -0.05) is 67.8 Å².